The molecule has 9 N–H and O–H groups in total. The van der Waals surface area contributed by atoms with Crippen molar-refractivity contribution in [2.24, 2.45) is 0 Å². The molecule has 0 aromatic carbocycles. The maximum absolute atomic E-state index is 9.63. The first-order valence-corrected chi connectivity index (χ1v) is 6.89. The molecule has 0 unspecified atom stereocenters. The fraction of sp³-hybridized carbons (Fsp3) is 0. The zero-order valence-corrected chi connectivity index (χ0v) is 12.5. The molecular formula is H9NNaO11P3. The molecule has 0 aromatic rings. The molecule has 0 aliphatic carbocycles. The first-order chi connectivity index (χ1) is 5.71. The summed E-state index contributed by atoms with van der Waals surface area (Å²) in [6, 6.07) is 0. The summed E-state index contributed by atoms with van der Waals surface area (Å²) < 4.78 is 31.0. The number of hydrogen-bond acceptors (Lipinski definition) is 6. The van der Waals surface area contributed by atoms with E-state index >= 15 is 0 Å². The largest absolute Gasteiger partial charge is 1.00 e. The van der Waals surface area contributed by atoms with Gasteiger partial charge in [0, 0.05) is 0 Å². The Bertz CT molecular complexity index is 264. The van der Waals surface area contributed by atoms with E-state index in [1.807, 2.05) is 0 Å². The van der Waals surface area contributed by atoms with E-state index in [0.717, 1.165) is 0 Å². The maximum atomic E-state index is 9.63. The summed E-state index contributed by atoms with van der Waals surface area (Å²) >= 11 is 0. The molecule has 16 heteroatoms. The Hall–Kier alpha value is 1.33. The topological polar surface area (TPSA) is 240 Å². The molecule has 0 amide bonds. The molecule has 0 aliphatic rings. The third-order valence-electron chi connectivity index (χ3n) is 0.213. The Morgan fingerprint density at radius 2 is 0.938 bits per heavy atom. The summed E-state index contributed by atoms with van der Waals surface area (Å²) in [7, 11) is -15.0. The molecule has 0 spiro atoms. The van der Waals surface area contributed by atoms with Gasteiger partial charge in [0.05, 0.1) is 0 Å². The predicted molar refractivity (Wildman–Crippen MR) is 42.2 cm³/mol. The third kappa shape index (κ3) is 58.6. The van der Waals surface area contributed by atoms with E-state index in [9.17, 15) is 9.13 Å². The summed E-state index contributed by atoms with van der Waals surface area (Å²) in [5.41, 5.74) is 0. The minimum atomic E-state index is -5.05. The van der Waals surface area contributed by atoms with Crippen molar-refractivity contribution in [3.63, 3.8) is 0 Å². The standard InChI is InChI=1S/H3N.Na.H4O7P2.H3O4P/c;;1-8(2,3)7-9(4,5)6;1-5(2,3)4/h1H3;;(H2,1,2,3)(H2,4,5,6);(H3,1,2,3,4)/q;+1;;/p-1. The van der Waals surface area contributed by atoms with Crippen molar-refractivity contribution in [2.75, 3.05) is 0 Å². The van der Waals surface area contributed by atoms with Crippen LogP contribution in [0, 0.1) is 0 Å². The van der Waals surface area contributed by atoms with Gasteiger partial charge in [0.25, 0.3) is 7.82 Å². The molecule has 0 aromatic heterocycles. The van der Waals surface area contributed by atoms with Crippen molar-refractivity contribution >= 4 is 23.5 Å². The Balaban J connectivity index is -0.0000000904. The van der Waals surface area contributed by atoms with Crippen LogP contribution in [0.5, 0.6) is 0 Å². The van der Waals surface area contributed by atoms with E-state index < -0.39 is 23.5 Å². The van der Waals surface area contributed by atoms with Crippen molar-refractivity contribution in [3.05, 3.63) is 0 Å². The van der Waals surface area contributed by atoms with Crippen LogP contribution in [0.3, 0.4) is 0 Å². The zero-order valence-electron chi connectivity index (χ0n) is 7.77. The summed E-state index contributed by atoms with van der Waals surface area (Å²) in [6.45, 7) is 0. The molecule has 0 saturated heterocycles. The van der Waals surface area contributed by atoms with Crippen LogP contribution in [-0.4, -0.2) is 29.4 Å². The van der Waals surface area contributed by atoms with Crippen LogP contribution in [0.2, 0.25) is 0 Å². The molecule has 96 valence electrons. The van der Waals surface area contributed by atoms with Crippen molar-refractivity contribution in [1.29, 1.82) is 0 Å². The van der Waals surface area contributed by atoms with E-state index in [1.54, 1.807) is 0 Å². The number of rotatable bonds is 2. The molecule has 0 bridgehead atoms. The molecule has 12 nitrogen and oxygen atoms in total. The van der Waals surface area contributed by atoms with Crippen LogP contribution >= 0.6 is 23.5 Å². The van der Waals surface area contributed by atoms with Gasteiger partial charge in [-0.15, -0.1) is 0 Å². The summed E-state index contributed by atoms with van der Waals surface area (Å²) in [4.78, 5) is 53.9. The van der Waals surface area contributed by atoms with E-state index in [1.165, 1.54) is 0 Å². The van der Waals surface area contributed by atoms with Gasteiger partial charge in [0.2, 0.25) is 0 Å². The number of phosphoric acid groups is 3. The van der Waals surface area contributed by atoms with Gasteiger partial charge in [-0.1, -0.05) is 0 Å². The van der Waals surface area contributed by atoms with Crippen molar-refractivity contribution in [1.82, 2.24) is 6.15 Å². The molecule has 0 saturated carbocycles. The first kappa shape index (κ1) is 26.0. The van der Waals surface area contributed by atoms with Crippen molar-refractivity contribution < 1.29 is 81.8 Å². The Labute approximate surface area is 111 Å². The van der Waals surface area contributed by atoms with E-state index in [2.05, 4.69) is 4.31 Å². The van der Waals surface area contributed by atoms with Gasteiger partial charge in [-0.3, -0.25) is 4.57 Å². The fourth-order valence-electron chi connectivity index (χ4n) is 0.139. The van der Waals surface area contributed by atoms with Crippen LogP contribution in [0.25, 0.3) is 0 Å². The Morgan fingerprint density at radius 1 is 0.812 bits per heavy atom. The average molecular weight is 315 g/mol. The van der Waals surface area contributed by atoms with Crippen LogP contribution in [0.15, 0.2) is 0 Å². The second-order valence-electron chi connectivity index (χ2n) is 1.55. The van der Waals surface area contributed by atoms with E-state index in [4.69, 9.17) is 38.8 Å². The van der Waals surface area contributed by atoms with Crippen molar-refractivity contribution in [2.45, 2.75) is 0 Å². The number of hydrogen-bond donors (Lipinski definition) is 7. The average Bonchev–Trinajstić information content (AvgIpc) is 1.42. The monoisotopic (exact) mass is 315 g/mol. The van der Waals surface area contributed by atoms with E-state index in [-0.39, 0.29) is 35.7 Å². The fourth-order valence-corrected chi connectivity index (χ4v) is 1.25. The second kappa shape index (κ2) is 9.29. The molecule has 0 fully saturated rings. The molecule has 0 rings (SSSR count). The second-order valence-corrected chi connectivity index (χ2v) is 5.15. The van der Waals surface area contributed by atoms with E-state index in [0.29, 0.717) is 0 Å². The molecule has 16 heavy (non-hydrogen) atoms. The van der Waals surface area contributed by atoms with Crippen molar-refractivity contribution in [3.8, 4) is 0 Å². The molecular weight excluding hydrogens is 306 g/mol. The molecule has 0 radical (unpaired) electrons. The smallest absolute Gasteiger partial charge is 0.756 e. The van der Waals surface area contributed by atoms with Gasteiger partial charge in [0.15, 0.2) is 0 Å². The zero-order chi connectivity index (χ0) is 12.2. The third-order valence-corrected chi connectivity index (χ3v) is 1.91. The maximum Gasteiger partial charge on any atom is 1.00 e. The normalized spacial score (nSPS) is 11.4. The Morgan fingerprint density at radius 3 is 0.938 bits per heavy atom. The molecule has 0 atom stereocenters. The minimum absolute atomic E-state index is 0. The summed E-state index contributed by atoms with van der Waals surface area (Å²) in [6.07, 6.45) is 0. The Kier molecular flexibility index (Phi) is 15.1. The van der Waals surface area contributed by atoms with Crippen LogP contribution in [0.4, 0.5) is 0 Å². The van der Waals surface area contributed by atoms with Gasteiger partial charge < -0.3 is 40.4 Å². The molecule has 0 heterocycles. The summed E-state index contributed by atoms with van der Waals surface area (Å²) in [5, 5.41) is 0. The predicted octanol–water partition coefficient (Wildman–Crippen LogP) is -5.21. The van der Waals surface area contributed by atoms with Gasteiger partial charge >= 0.3 is 45.2 Å². The van der Waals surface area contributed by atoms with Gasteiger partial charge in [-0.2, -0.15) is 4.31 Å². The van der Waals surface area contributed by atoms with Gasteiger partial charge in [-0.25, -0.2) is 9.13 Å². The summed E-state index contributed by atoms with van der Waals surface area (Å²) in [5.74, 6) is 0. The van der Waals surface area contributed by atoms with Gasteiger partial charge in [0.1, 0.15) is 0 Å². The van der Waals surface area contributed by atoms with Crippen LogP contribution in [-0.2, 0) is 18.0 Å². The van der Waals surface area contributed by atoms with Crippen LogP contribution < -0.4 is 40.6 Å². The molecule has 0 aliphatic heterocycles. The van der Waals surface area contributed by atoms with Gasteiger partial charge in [-0.05, 0) is 0 Å². The quantitative estimate of drug-likeness (QED) is 0.187. The minimum Gasteiger partial charge on any atom is -0.756 e. The first-order valence-electron chi connectivity index (χ1n) is 2.30. The SMILES string of the molecule is N.O=P(O)(O)OP(=O)(O)O.O=P([O-])(O)O.[Na+]. The van der Waals surface area contributed by atoms with Crippen LogP contribution in [0.1, 0.15) is 0 Å².